The van der Waals surface area contributed by atoms with Crippen LogP contribution >= 0.6 is 11.3 Å². The molecule has 18 heavy (non-hydrogen) atoms. The largest absolute Gasteiger partial charge is 0.476 e. The molecule has 0 atom stereocenters. The monoisotopic (exact) mass is 262 g/mol. The smallest absolute Gasteiger partial charge is 0.365 e. The van der Waals surface area contributed by atoms with Crippen molar-refractivity contribution in [2.75, 3.05) is 11.9 Å². The molecule has 2 aromatic rings. The molecule has 1 heterocycles. The number of carboxylic acids is 1. The summed E-state index contributed by atoms with van der Waals surface area (Å²) in [6.45, 7) is 2.65. The van der Waals surface area contributed by atoms with Gasteiger partial charge in [0.15, 0.2) is 0 Å². The summed E-state index contributed by atoms with van der Waals surface area (Å²) >= 11 is 1.16. The van der Waals surface area contributed by atoms with Gasteiger partial charge in [-0.25, -0.2) is 9.78 Å². The molecule has 94 valence electrons. The third kappa shape index (κ3) is 2.87. The first-order valence-corrected chi connectivity index (χ1v) is 6.40. The number of aromatic nitrogens is 1. The topological polar surface area (TPSA) is 53.4 Å². The average molecular weight is 262 g/mol. The summed E-state index contributed by atoms with van der Waals surface area (Å²) in [5.41, 5.74) is 3.08. The van der Waals surface area contributed by atoms with Crippen molar-refractivity contribution < 1.29 is 9.90 Å². The Balaban J connectivity index is 2.08. The molecule has 0 spiro atoms. The van der Waals surface area contributed by atoms with E-state index in [1.165, 1.54) is 5.56 Å². The Morgan fingerprint density at radius 2 is 2.06 bits per heavy atom. The fraction of sp³-hybridized carbons (Fsp3) is 0.231. The first-order chi connectivity index (χ1) is 8.56. The van der Waals surface area contributed by atoms with Gasteiger partial charge >= 0.3 is 5.97 Å². The molecule has 0 aliphatic rings. The van der Waals surface area contributed by atoms with Gasteiger partial charge in [0, 0.05) is 18.1 Å². The molecule has 1 N–H and O–H groups in total. The van der Waals surface area contributed by atoms with Crippen molar-refractivity contribution in [2.45, 2.75) is 13.5 Å². The van der Waals surface area contributed by atoms with Crippen molar-refractivity contribution in [1.82, 2.24) is 4.98 Å². The van der Waals surface area contributed by atoms with Crippen LogP contribution in [0.4, 0.5) is 5.69 Å². The molecule has 4 nitrogen and oxygen atoms in total. The minimum absolute atomic E-state index is 0.141. The number of benzene rings is 1. The molecular formula is C13H14N2O2S. The highest BCUT2D eigenvalue weighted by atomic mass is 32.1. The highest BCUT2D eigenvalue weighted by molar-refractivity contribution is 7.11. The van der Waals surface area contributed by atoms with Gasteiger partial charge in [-0.15, -0.1) is 11.3 Å². The zero-order valence-electron chi connectivity index (χ0n) is 10.3. The number of thiazole rings is 1. The Kier molecular flexibility index (Phi) is 3.62. The molecule has 0 amide bonds. The van der Waals surface area contributed by atoms with Gasteiger partial charge in [-0.05, 0) is 19.1 Å². The molecule has 1 aromatic heterocycles. The molecular weight excluding hydrogens is 248 g/mol. The van der Waals surface area contributed by atoms with E-state index in [1.54, 1.807) is 5.38 Å². The summed E-state index contributed by atoms with van der Waals surface area (Å²) in [5, 5.41) is 10.7. The van der Waals surface area contributed by atoms with Gasteiger partial charge in [0.1, 0.15) is 0 Å². The van der Waals surface area contributed by atoms with Crippen molar-refractivity contribution in [3.63, 3.8) is 0 Å². The lowest BCUT2D eigenvalue weighted by Crippen LogP contribution is -2.16. The number of rotatable bonds is 4. The van der Waals surface area contributed by atoms with Gasteiger partial charge in [-0.3, -0.25) is 0 Å². The van der Waals surface area contributed by atoms with Crippen LogP contribution in [0.15, 0.2) is 29.6 Å². The summed E-state index contributed by atoms with van der Waals surface area (Å²) in [5.74, 6) is -0.968. The van der Waals surface area contributed by atoms with Crippen LogP contribution in [0.3, 0.4) is 0 Å². The molecule has 0 fully saturated rings. The summed E-state index contributed by atoms with van der Waals surface area (Å²) in [6.07, 6.45) is 0. The van der Waals surface area contributed by atoms with Crippen LogP contribution in [-0.4, -0.2) is 23.1 Å². The number of hydrogen-bond donors (Lipinski definition) is 1. The fourth-order valence-corrected chi connectivity index (χ4v) is 2.26. The highest BCUT2D eigenvalue weighted by Gasteiger charge is 2.10. The second-order valence-corrected chi connectivity index (χ2v) is 5.00. The molecule has 0 unspecified atom stereocenters. The standard InChI is InChI=1S/C13H14N2O2S/c1-9-3-5-11(6-4-9)15(2)7-10-8-18-12(14-10)13(16)17/h3-6,8H,7H2,1-2H3,(H,16,17). The van der Waals surface area contributed by atoms with E-state index in [0.29, 0.717) is 6.54 Å². The number of nitrogens with zero attached hydrogens (tertiary/aromatic N) is 2. The number of aryl methyl sites for hydroxylation is 1. The normalized spacial score (nSPS) is 10.3. The van der Waals surface area contributed by atoms with E-state index in [-0.39, 0.29) is 5.01 Å². The van der Waals surface area contributed by atoms with Gasteiger partial charge in [-0.2, -0.15) is 0 Å². The molecule has 0 aliphatic carbocycles. The second kappa shape index (κ2) is 5.18. The summed E-state index contributed by atoms with van der Waals surface area (Å²) in [4.78, 5) is 16.9. The minimum Gasteiger partial charge on any atom is -0.476 e. The molecule has 0 radical (unpaired) electrons. The van der Waals surface area contributed by atoms with E-state index in [1.807, 2.05) is 31.0 Å². The predicted octanol–water partition coefficient (Wildman–Crippen LogP) is 2.79. The molecule has 2 rings (SSSR count). The highest BCUT2D eigenvalue weighted by Crippen LogP contribution is 2.17. The van der Waals surface area contributed by atoms with Gasteiger partial charge in [0.25, 0.3) is 0 Å². The van der Waals surface area contributed by atoms with Crippen molar-refractivity contribution in [1.29, 1.82) is 0 Å². The number of anilines is 1. The Bertz CT molecular complexity index is 548. The Hall–Kier alpha value is -1.88. The molecule has 0 saturated carbocycles. The van der Waals surface area contributed by atoms with Crippen molar-refractivity contribution >= 4 is 23.0 Å². The van der Waals surface area contributed by atoms with E-state index in [4.69, 9.17) is 5.11 Å². The van der Waals surface area contributed by atoms with Gasteiger partial charge < -0.3 is 10.0 Å². The fourth-order valence-electron chi connectivity index (χ4n) is 1.61. The Morgan fingerprint density at radius 3 is 2.61 bits per heavy atom. The number of carbonyl (C=O) groups is 1. The third-order valence-electron chi connectivity index (χ3n) is 2.61. The van der Waals surface area contributed by atoms with Gasteiger partial charge in [0.05, 0.1) is 12.2 Å². The molecule has 5 heteroatoms. The first kappa shape index (κ1) is 12.6. The summed E-state index contributed by atoms with van der Waals surface area (Å²) in [6, 6.07) is 8.19. The zero-order chi connectivity index (χ0) is 13.1. The van der Waals surface area contributed by atoms with Crippen LogP contribution in [0.2, 0.25) is 0 Å². The maximum absolute atomic E-state index is 10.7. The molecule has 0 saturated heterocycles. The number of hydrogen-bond acceptors (Lipinski definition) is 4. The predicted molar refractivity (Wildman–Crippen MR) is 72.4 cm³/mol. The Morgan fingerprint density at radius 1 is 1.39 bits per heavy atom. The zero-order valence-corrected chi connectivity index (χ0v) is 11.1. The van der Waals surface area contributed by atoms with Crippen LogP contribution in [0.25, 0.3) is 0 Å². The summed E-state index contributed by atoms with van der Waals surface area (Å²) < 4.78 is 0. The maximum Gasteiger partial charge on any atom is 0.365 e. The van der Waals surface area contributed by atoms with Crippen LogP contribution < -0.4 is 4.90 Å². The molecule has 0 bridgehead atoms. The van der Waals surface area contributed by atoms with Crippen LogP contribution in [0.1, 0.15) is 21.1 Å². The van der Waals surface area contributed by atoms with E-state index < -0.39 is 5.97 Å². The first-order valence-electron chi connectivity index (χ1n) is 5.52. The van der Waals surface area contributed by atoms with Gasteiger partial charge in [-0.1, -0.05) is 17.7 Å². The van der Waals surface area contributed by atoms with Crippen LogP contribution in [-0.2, 0) is 6.54 Å². The average Bonchev–Trinajstić information content (AvgIpc) is 2.78. The third-order valence-corrected chi connectivity index (χ3v) is 3.49. The maximum atomic E-state index is 10.7. The van der Waals surface area contributed by atoms with E-state index in [9.17, 15) is 4.79 Å². The SMILES string of the molecule is Cc1ccc(N(C)Cc2csc(C(=O)O)n2)cc1. The molecule has 0 aliphatic heterocycles. The second-order valence-electron chi connectivity index (χ2n) is 4.14. The van der Waals surface area contributed by atoms with Gasteiger partial charge in [0.2, 0.25) is 5.01 Å². The van der Waals surface area contributed by atoms with E-state index in [0.717, 1.165) is 22.7 Å². The van der Waals surface area contributed by atoms with Crippen molar-refractivity contribution in [2.24, 2.45) is 0 Å². The quantitative estimate of drug-likeness (QED) is 0.920. The minimum atomic E-state index is -0.968. The lowest BCUT2D eigenvalue weighted by atomic mass is 10.2. The van der Waals surface area contributed by atoms with Crippen LogP contribution in [0, 0.1) is 6.92 Å². The van der Waals surface area contributed by atoms with E-state index >= 15 is 0 Å². The van der Waals surface area contributed by atoms with Crippen LogP contribution in [0.5, 0.6) is 0 Å². The van der Waals surface area contributed by atoms with Crippen molar-refractivity contribution in [3.05, 3.63) is 45.9 Å². The lowest BCUT2D eigenvalue weighted by Gasteiger charge is -2.18. The van der Waals surface area contributed by atoms with Crippen molar-refractivity contribution in [3.8, 4) is 0 Å². The summed E-state index contributed by atoms with van der Waals surface area (Å²) in [7, 11) is 1.96. The Labute approximate surface area is 110 Å². The lowest BCUT2D eigenvalue weighted by molar-refractivity contribution is 0.0696. The molecule has 1 aromatic carbocycles. The number of carboxylic acid groups (broad SMARTS) is 1. The van der Waals surface area contributed by atoms with E-state index in [2.05, 4.69) is 17.1 Å². The number of aromatic carboxylic acids is 1.